The molecule has 0 spiro atoms. The van der Waals surface area contributed by atoms with E-state index in [4.69, 9.17) is 36.8 Å². The Morgan fingerprint density at radius 2 is 1.97 bits per heavy atom. The van der Waals surface area contributed by atoms with Crippen LogP contribution in [0, 0.1) is 11.3 Å². The lowest BCUT2D eigenvalue weighted by molar-refractivity contribution is 0.00578. The molecule has 0 aromatic heterocycles. The average Bonchev–Trinajstić information content (AvgIpc) is 3.41. The van der Waals surface area contributed by atoms with Crippen molar-refractivity contribution in [1.29, 1.82) is 5.41 Å². The molecule has 4 N–H and O–H groups in total. The zero-order valence-corrected chi connectivity index (χ0v) is 19.8. The number of rotatable bonds is 7. The van der Waals surface area contributed by atoms with E-state index in [-0.39, 0.29) is 6.23 Å². The van der Waals surface area contributed by atoms with Gasteiger partial charge in [0.05, 0.1) is 11.2 Å². The van der Waals surface area contributed by atoms with Gasteiger partial charge in [0.25, 0.3) is 0 Å². The summed E-state index contributed by atoms with van der Waals surface area (Å²) in [6.07, 6.45) is 6.48. The van der Waals surface area contributed by atoms with E-state index in [9.17, 15) is 0 Å². The Kier molecular flexibility index (Phi) is 6.45. The Labute approximate surface area is 191 Å². The van der Waals surface area contributed by atoms with Crippen LogP contribution in [0.5, 0.6) is 0 Å². The fourth-order valence-electron chi connectivity index (χ4n) is 4.73. The molecule has 2 heterocycles. The first-order chi connectivity index (χ1) is 14.7. The normalized spacial score (nSPS) is 29.1. The average molecular weight is 448 g/mol. The van der Waals surface area contributed by atoms with Gasteiger partial charge in [-0.2, -0.15) is 0 Å². The fraction of sp³-hybridized carbons (Fsp3) is 0.696. The Morgan fingerprint density at radius 1 is 1.26 bits per heavy atom. The monoisotopic (exact) mass is 447 g/mol. The second kappa shape index (κ2) is 8.67. The van der Waals surface area contributed by atoms with Gasteiger partial charge in [-0.15, -0.1) is 0 Å². The maximum atomic E-state index is 8.28. The van der Waals surface area contributed by atoms with E-state index in [0.29, 0.717) is 23.4 Å². The molecule has 3 atom stereocenters. The summed E-state index contributed by atoms with van der Waals surface area (Å²) in [6.45, 7) is 9.60. The zero-order chi connectivity index (χ0) is 22.4. The minimum absolute atomic E-state index is 0.0774. The summed E-state index contributed by atoms with van der Waals surface area (Å²) in [4.78, 5) is 0. The van der Waals surface area contributed by atoms with E-state index in [1.807, 2.05) is 33.8 Å². The molecule has 1 saturated carbocycles. The number of hydrogen-bond donors (Lipinski definition) is 3. The van der Waals surface area contributed by atoms with Crippen LogP contribution in [-0.4, -0.2) is 43.9 Å². The molecule has 1 aromatic carbocycles. The van der Waals surface area contributed by atoms with E-state index in [1.165, 1.54) is 6.21 Å². The first-order valence-corrected chi connectivity index (χ1v) is 11.9. The van der Waals surface area contributed by atoms with Crippen molar-refractivity contribution in [3.05, 3.63) is 22.2 Å². The van der Waals surface area contributed by atoms with Gasteiger partial charge in [-0.05, 0) is 95.3 Å². The van der Waals surface area contributed by atoms with Gasteiger partial charge in [-0.25, -0.2) is 0 Å². The van der Waals surface area contributed by atoms with Crippen LogP contribution in [0.4, 0.5) is 5.69 Å². The van der Waals surface area contributed by atoms with E-state index >= 15 is 0 Å². The smallest absolute Gasteiger partial charge is 0.399 e. The number of nitrogens with one attached hydrogen (secondary N) is 2. The minimum atomic E-state index is -0.581. The third-order valence-corrected chi connectivity index (χ3v) is 7.67. The largest absolute Gasteiger partial charge is 0.495 e. The highest BCUT2D eigenvalue weighted by atomic mass is 35.5. The standard InChI is InChI=1S/C23H35BClN3O3/c1-22(2)23(3,4)31-24(30-22)21-16(13-27)18(28-19-7-5-6-10-29-19)12-17(25)20(21)15-11-14(15)8-9-26/h12-15,19,27-28H,5-11,26H2,1-4H3. The van der Waals surface area contributed by atoms with Crippen molar-refractivity contribution in [2.45, 2.75) is 83.1 Å². The molecular formula is C23H35BClN3O3. The summed E-state index contributed by atoms with van der Waals surface area (Å²) in [5, 5.41) is 12.5. The van der Waals surface area contributed by atoms with Gasteiger partial charge >= 0.3 is 7.12 Å². The Hall–Kier alpha value is -1.12. The summed E-state index contributed by atoms with van der Waals surface area (Å²) in [7, 11) is -0.581. The minimum Gasteiger partial charge on any atom is -0.399 e. The molecule has 1 aliphatic carbocycles. The summed E-state index contributed by atoms with van der Waals surface area (Å²) in [5.74, 6) is 0.839. The number of ether oxygens (including phenoxy) is 1. The van der Waals surface area contributed by atoms with Crippen molar-refractivity contribution in [3.63, 3.8) is 0 Å². The van der Waals surface area contributed by atoms with Crippen molar-refractivity contribution < 1.29 is 14.0 Å². The third-order valence-electron chi connectivity index (χ3n) is 7.36. The molecule has 3 unspecified atom stereocenters. The van der Waals surface area contributed by atoms with Gasteiger partial charge in [0, 0.05) is 29.1 Å². The molecular weight excluding hydrogens is 413 g/mol. The number of halogens is 1. The number of benzene rings is 1. The van der Waals surface area contributed by atoms with Crippen molar-refractivity contribution in [2.75, 3.05) is 18.5 Å². The summed E-state index contributed by atoms with van der Waals surface area (Å²) in [5.41, 5.74) is 8.37. The second-order valence-electron chi connectivity index (χ2n) is 10.1. The fourth-order valence-corrected chi connectivity index (χ4v) is 5.08. The highest BCUT2D eigenvalue weighted by Gasteiger charge is 2.54. The third kappa shape index (κ3) is 4.40. The van der Waals surface area contributed by atoms with Crippen molar-refractivity contribution in [1.82, 2.24) is 0 Å². The molecule has 6 nitrogen and oxygen atoms in total. The topological polar surface area (TPSA) is 89.6 Å². The molecule has 2 saturated heterocycles. The van der Waals surface area contributed by atoms with Crippen LogP contribution < -0.4 is 16.5 Å². The Balaban J connectivity index is 1.78. The van der Waals surface area contributed by atoms with E-state index in [1.54, 1.807) is 0 Å². The number of anilines is 1. The predicted octanol–water partition coefficient (Wildman–Crippen LogP) is 4.03. The lowest BCUT2D eigenvalue weighted by Crippen LogP contribution is -2.41. The van der Waals surface area contributed by atoms with Gasteiger partial charge in [0.1, 0.15) is 6.23 Å². The van der Waals surface area contributed by atoms with E-state index in [2.05, 4.69) is 5.32 Å². The number of hydrogen-bond acceptors (Lipinski definition) is 6. The highest BCUT2D eigenvalue weighted by Crippen LogP contribution is 2.52. The molecule has 0 amide bonds. The molecule has 0 bridgehead atoms. The van der Waals surface area contributed by atoms with Gasteiger partial charge in [0.2, 0.25) is 0 Å². The molecule has 170 valence electrons. The molecule has 8 heteroatoms. The molecule has 3 fully saturated rings. The summed E-state index contributed by atoms with van der Waals surface area (Å²) in [6, 6.07) is 1.95. The van der Waals surface area contributed by atoms with E-state index in [0.717, 1.165) is 61.0 Å². The Bertz CT molecular complexity index is 826. The first-order valence-electron chi connectivity index (χ1n) is 11.5. The zero-order valence-electron chi connectivity index (χ0n) is 19.1. The van der Waals surface area contributed by atoms with Crippen LogP contribution in [0.2, 0.25) is 5.02 Å². The maximum Gasteiger partial charge on any atom is 0.495 e. The van der Waals surface area contributed by atoms with Crippen LogP contribution in [0.3, 0.4) is 0 Å². The number of nitrogens with two attached hydrogens (primary N) is 1. The molecule has 3 aliphatic rings. The quantitative estimate of drug-likeness (QED) is 0.434. The van der Waals surface area contributed by atoms with Gasteiger partial charge in [-0.1, -0.05) is 11.6 Å². The lowest BCUT2D eigenvalue weighted by Gasteiger charge is -2.32. The molecule has 2 aliphatic heterocycles. The predicted molar refractivity (Wildman–Crippen MR) is 127 cm³/mol. The van der Waals surface area contributed by atoms with Crippen molar-refractivity contribution in [2.24, 2.45) is 11.7 Å². The SMILES string of the molecule is CC1(C)OB(c2c(C=N)c(NC3CCCCO3)cc(Cl)c2C2CC2CCN)OC1(C)C. The molecule has 0 radical (unpaired) electrons. The van der Waals surface area contributed by atoms with Gasteiger partial charge in [-0.3, -0.25) is 0 Å². The molecule has 31 heavy (non-hydrogen) atoms. The summed E-state index contributed by atoms with van der Waals surface area (Å²) >= 11 is 6.90. The Morgan fingerprint density at radius 3 is 2.55 bits per heavy atom. The molecule has 4 rings (SSSR count). The summed E-state index contributed by atoms with van der Waals surface area (Å²) < 4.78 is 18.8. The maximum absolute atomic E-state index is 8.28. The van der Waals surface area contributed by atoms with Crippen LogP contribution in [-0.2, 0) is 14.0 Å². The second-order valence-corrected chi connectivity index (χ2v) is 10.5. The van der Waals surface area contributed by atoms with Crippen molar-refractivity contribution >= 4 is 36.1 Å². The van der Waals surface area contributed by atoms with Crippen LogP contribution in [0.1, 0.15) is 76.8 Å². The van der Waals surface area contributed by atoms with Crippen molar-refractivity contribution in [3.8, 4) is 0 Å². The van der Waals surface area contributed by atoms with Gasteiger partial charge < -0.3 is 30.5 Å². The van der Waals surface area contributed by atoms with Crippen LogP contribution in [0.15, 0.2) is 6.07 Å². The van der Waals surface area contributed by atoms with Gasteiger partial charge in [0.15, 0.2) is 0 Å². The molecule has 1 aromatic rings. The van der Waals surface area contributed by atoms with Crippen LogP contribution >= 0.6 is 11.6 Å². The highest BCUT2D eigenvalue weighted by molar-refractivity contribution is 6.65. The first kappa shape index (κ1) is 23.1. The lowest BCUT2D eigenvalue weighted by atomic mass is 9.71. The van der Waals surface area contributed by atoms with E-state index < -0.39 is 18.3 Å². The van der Waals surface area contributed by atoms with Crippen LogP contribution in [0.25, 0.3) is 0 Å².